The third-order valence-corrected chi connectivity index (χ3v) is 5.20. The fourth-order valence-electron chi connectivity index (χ4n) is 2.97. The van der Waals surface area contributed by atoms with E-state index < -0.39 is 0 Å². The highest BCUT2D eigenvalue weighted by Gasteiger charge is 2.41. The van der Waals surface area contributed by atoms with Gasteiger partial charge in [-0.25, -0.2) is 0 Å². The van der Waals surface area contributed by atoms with Crippen molar-refractivity contribution in [1.29, 1.82) is 0 Å². The predicted octanol–water partition coefficient (Wildman–Crippen LogP) is 5.02. The highest BCUT2D eigenvalue weighted by molar-refractivity contribution is 7.13. The maximum absolute atomic E-state index is 3.87. The smallest absolute Gasteiger partial charge is 0.0430 e. The molecule has 0 bridgehead atoms. The van der Waals surface area contributed by atoms with Crippen LogP contribution in [-0.2, 0) is 0 Å². The van der Waals surface area contributed by atoms with E-state index in [0.717, 1.165) is 17.9 Å². The monoisotopic (exact) mass is 269 g/mol. The SMILES string of the molecule is c1csc(-c2ccccc2NC(C2CC2)C2CC2)c1. The summed E-state index contributed by atoms with van der Waals surface area (Å²) < 4.78 is 0. The Morgan fingerprint density at radius 2 is 1.68 bits per heavy atom. The van der Waals surface area contributed by atoms with Crippen LogP contribution in [0.25, 0.3) is 10.4 Å². The molecule has 0 amide bonds. The molecule has 2 aliphatic carbocycles. The predicted molar refractivity (Wildman–Crippen MR) is 82.6 cm³/mol. The second-order valence-corrected chi connectivity index (χ2v) is 6.82. The summed E-state index contributed by atoms with van der Waals surface area (Å²) >= 11 is 1.83. The Hall–Kier alpha value is -1.28. The molecule has 0 radical (unpaired) electrons. The lowest BCUT2D eigenvalue weighted by Gasteiger charge is -2.21. The van der Waals surface area contributed by atoms with Gasteiger partial charge in [-0.15, -0.1) is 11.3 Å². The number of benzene rings is 1. The van der Waals surface area contributed by atoms with E-state index in [1.165, 1.54) is 41.8 Å². The number of nitrogens with one attached hydrogen (secondary N) is 1. The molecule has 2 heteroatoms. The van der Waals surface area contributed by atoms with E-state index in [0.29, 0.717) is 0 Å². The lowest BCUT2D eigenvalue weighted by Crippen LogP contribution is -2.24. The van der Waals surface area contributed by atoms with Crippen LogP contribution in [0, 0.1) is 11.8 Å². The maximum atomic E-state index is 3.87. The van der Waals surface area contributed by atoms with Crippen LogP contribution in [0.3, 0.4) is 0 Å². The second kappa shape index (κ2) is 4.68. The van der Waals surface area contributed by atoms with Crippen LogP contribution >= 0.6 is 11.3 Å². The van der Waals surface area contributed by atoms with E-state index in [9.17, 15) is 0 Å². The van der Waals surface area contributed by atoms with E-state index in [1.54, 1.807) is 0 Å². The summed E-state index contributed by atoms with van der Waals surface area (Å²) in [6, 6.07) is 13.9. The van der Waals surface area contributed by atoms with Crippen molar-refractivity contribution in [2.75, 3.05) is 5.32 Å². The average molecular weight is 269 g/mol. The first-order chi connectivity index (χ1) is 9.42. The third kappa shape index (κ3) is 2.42. The molecule has 4 rings (SSSR count). The molecule has 1 nitrogen and oxygen atoms in total. The van der Waals surface area contributed by atoms with Gasteiger partial charge in [-0.05, 0) is 55.0 Å². The summed E-state index contributed by atoms with van der Waals surface area (Å²) in [5, 5.41) is 6.02. The standard InChI is InChI=1S/C17H19NS/c1-2-5-15(14(4-1)16-6-3-11-19-16)18-17(12-7-8-12)13-9-10-13/h1-6,11-13,17-18H,7-10H2. The van der Waals surface area contributed by atoms with Gasteiger partial charge < -0.3 is 5.32 Å². The van der Waals surface area contributed by atoms with Crippen molar-refractivity contribution in [1.82, 2.24) is 0 Å². The fraction of sp³-hybridized carbons (Fsp3) is 0.412. The summed E-state index contributed by atoms with van der Waals surface area (Å²) in [7, 11) is 0. The first-order valence-corrected chi connectivity index (χ1v) is 8.19. The molecule has 0 aliphatic heterocycles. The van der Waals surface area contributed by atoms with Crippen LogP contribution in [0.5, 0.6) is 0 Å². The minimum atomic E-state index is 0.723. The molecule has 98 valence electrons. The molecule has 2 aliphatic rings. The molecule has 2 aromatic rings. The molecule has 2 saturated carbocycles. The first kappa shape index (κ1) is 11.5. The summed E-state index contributed by atoms with van der Waals surface area (Å²) in [5.74, 6) is 1.87. The minimum Gasteiger partial charge on any atom is -0.381 e. The van der Waals surface area contributed by atoms with Crippen molar-refractivity contribution < 1.29 is 0 Å². The Kier molecular flexibility index (Phi) is 2.84. The van der Waals surface area contributed by atoms with Gasteiger partial charge >= 0.3 is 0 Å². The molecular weight excluding hydrogens is 250 g/mol. The number of hydrogen-bond acceptors (Lipinski definition) is 2. The molecule has 1 aromatic heterocycles. The van der Waals surface area contributed by atoms with Gasteiger partial charge in [0.05, 0.1) is 0 Å². The molecule has 0 spiro atoms. The summed E-state index contributed by atoms with van der Waals surface area (Å²) in [6.45, 7) is 0. The van der Waals surface area contributed by atoms with Crippen LogP contribution in [0.1, 0.15) is 25.7 Å². The van der Waals surface area contributed by atoms with Crippen LogP contribution in [0.4, 0.5) is 5.69 Å². The van der Waals surface area contributed by atoms with Gasteiger partial charge in [0.25, 0.3) is 0 Å². The average Bonchev–Trinajstić information content (AvgIpc) is 3.37. The largest absolute Gasteiger partial charge is 0.381 e. The van der Waals surface area contributed by atoms with Gasteiger partial charge in [0.1, 0.15) is 0 Å². The molecular formula is C17H19NS. The molecule has 0 saturated heterocycles. The van der Waals surface area contributed by atoms with Crippen molar-refractivity contribution in [2.24, 2.45) is 11.8 Å². The quantitative estimate of drug-likeness (QED) is 0.804. The number of rotatable bonds is 5. The summed E-state index contributed by atoms with van der Waals surface area (Å²) in [5.41, 5.74) is 2.69. The van der Waals surface area contributed by atoms with Gasteiger partial charge in [-0.2, -0.15) is 0 Å². The highest BCUT2D eigenvalue weighted by atomic mass is 32.1. The van der Waals surface area contributed by atoms with E-state index in [2.05, 4.69) is 47.1 Å². The summed E-state index contributed by atoms with van der Waals surface area (Å²) in [4.78, 5) is 1.37. The third-order valence-electron chi connectivity index (χ3n) is 4.30. The number of anilines is 1. The molecule has 1 N–H and O–H groups in total. The zero-order valence-electron chi connectivity index (χ0n) is 11.0. The summed E-state index contributed by atoms with van der Waals surface area (Å²) in [6.07, 6.45) is 5.70. The number of thiophene rings is 1. The van der Waals surface area contributed by atoms with Crippen molar-refractivity contribution >= 4 is 17.0 Å². The molecule has 1 aromatic carbocycles. The fourth-order valence-corrected chi connectivity index (χ4v) is 3.73. The topological polar surface area (TPSA) is 12.0 Å². The zero-order valence-corrected chi connectivity index (χ0v) is 11.8. The van der Waals surface area contributed by atoms with Crippen LogP contribution < -0.4 is 5.32 Å². The Labute approximate surface area is 118 Å². The normalized spacial score (nSPS) is 18.8. The van der Waals surface area contributed by atoms with E-state index >= 15 is 0 Å². The van der Waals surface area contributed by atoms with Crippen LogP contribution in [0.2, 0.25) is 0 Å². The van der Waals surface area contributed by atoms with Gasteiger partial charge in [0.15, 0.2) is 0 Å². The van der Waals surface area contributed by atoms with Crippen molar-refractivity contribution in [3.63, 3.8) is 0 Å². The van der Waals surface area contributed by atoms with Crippen molar-refractivity contribution in [3.05, 3.63) is 41.8 Å². The molecule has 19 heavy (non-hydrogen) atoms. The Morgan fingerprint density at radius 1 is 0.947 bits per heavy atom. The van der Waals surface area contributed by atoms with Crippen LogP contribution in [0.15, 0.2) is 41.8 Å². The van der Waals surface area contributed by atoms with E-state index in [4.69, 9.17) is 0 Å². The van der Waals surface area contributed by atoms with E-state index in [1.807, 2.05) is 11.3 Å². The molecule has 0 atom stereocenters. The maximum Gasteiger partial charge on any atom is 0.0430 e. The lowest BCUT2D eigenvalue weighted by molar-refractivity contribution is 0.568. The minimum absolute atomic E-state index is 0.723. The first-order valence-electron chi connectivity index (χ1n) is 7.31. The number of hydrogen-bond donors (Lipinski definition) is 1. The molecule has 2 fully saturated rings. The van der Waals surface area contributed by atoms with E-state index in [-0.39, 0.29) is 0 Å². The van der Waals surface area contributed by atoms with Crippen LogP contribution in [-0.4, -0.2) is 6.04 Å². The Balaban J connectivity index is 1.63. The second-order valence-electron chi connectivity index (χ2n) is 5.87. The Bertz CT molecular complexity index is 540. The molecule has 0 unspecified atom stereocenters. The van der Waals surface area contributed by atoms with Gasteiger partial charge in [0, 0.05) is 22.2 Å². The van der Waals surface area contributed by atoms with Crippen molar-refractivity contribution in [2.45, 2.75) is 31.7 Å². The van der Waals surface area contributed by atoms with Crippen molar-refractivity contribution in [3.8, 4) is 10.4 Å². The van der Waals surface area contributed by atoms with Gasteiger partial charge in [-0.3, -0.25) is 0 Å². The number of para-hydroxylation sites is 1. The zero-order chi connectivity index (χ0) is 12.7. The van der Waals surface area contributed by atoms with Gasteiger partial charge in [-0.1, -0.05) is 24.3 Å². The molecule has 1 heterocycles. The highest BCUT2D eigenvalue weighted by Crippen LogP contribution is 2.46. The lowest BCUT2D eigenvalue weighted by atomic mass is 10.0. The van der Waals surface area contributed by atoms with Gasteiger partial charge in [0.2, 0.25) is 0 Å². The Morgan fingerprint density at radius 3 is 2.32 bits per heavy atom.